The molecular formula is C24H26N2O3S2. The van der Waals surface area contributed by atoms with E-state index >= 15 is 0 Å². The third-order valence-corrected chi connectivity index (χ3v) is 7.35. The molecule has 2 aromatic carbocycles. The zero-order chi connectivity index (χ0) is 22.1. The van der Waals surface area contributed by atoms with Gasteiger partial charge in [0.2, 0.25) is 0 Å². The van der Waals surface area contributed by atoms with Gasteiger partial charge in [0.1, 0.15) is 11.5 Å². The predicted octanol–water partition coefficient (Wildman–Crippen LogP) is 5.20. The Kier molecular flexibility index (Phi) is 6.34. The lowest BCUT2D eigenvalue weighted by Crippen LogP contribution is -2.24. The molecule has 1 unspecified atom stereocenters. The van der Waals surface area contributed by atoms with Crippen LogP contribution in [-0.2, 0) is 12.2 Å². The van der Waals surface area contributed by atoms with Gasteiger partial charge in [-0.2, -0.15) is 0 Å². The molecule has 0 fully saturated rings. The maximum absolute atomic E-state index is 13.5. The average Bonchev–Trinajstić information content (AvgIpc) is 3.11. The summed E-state index contributed by atoms with van der Waals surface area (Å²) in [5, 5.41) is 1.08. The molecule has 3 aromatic rings. The minimum absolute atomic E-state index is 0.0232. The summed E-state index contributed by atoms with van der Waals surface area (Å²) in [4.78, 5) is 19.2. The molecule has 0 spiro atoms. The number of benzene rings is 2. The first kappa shape index (κ1) is 21.8. The van der Waals surface area contributed by atoms with E-state index in [4.69, 9.17) is 14.5 Å². The fraction of sp³-hybridized carbons (Fsp3) is 0.333. The first-order chi connectivity index (χ1) is 14.9. The van der Waals surface area contributed by atoms with Gasteiger partial charge in [0.05, 0.1) is 30.5 Å². The Balaban J connectivity index is 1.78. The molecule has 1 atom stereocenters. The first-order valence-corrected chi connectivity index (χ1v) is 12.0. The zero-order valence-electron chi connectivity index (χ0n) is 18.4. The summed E-state index contributed by atoms with van der Waals surface area (Å²) in [6, 6.07) is 12.0. The van der Waals surface area contributed by atoms with Crippen LogP contribution in [0.4, 0.5) is 0 Å². The molecule has 162 valence electrons. The monoisotopic (exact) mass is 454 g/mol. The van der Waals surface area contributed by atoms with E-state index in [1.807, 2.05) is 30.3 Å². The van der Waals surface area contributed by atoms with Crippen LogP contribution in [0.2, 0.25) is 0 Å². The van der Waals surface area contributed by atoms with E-state index in [1.165, 1.54) is 0 Å². The largest absolute Gasteiger partial charge is 0.497 e. The topological polar surface area (TPSA) is 53.3 Å². The summed E-state index contributed by atoms with van der Waals surface area (Å²) in [6.45, 7) is 6.24. The number of methoxy groups -OCH3 is 2. The van der Waals surface area contributed by atoms with E-state index in [0.717, 1.165) is 50.9 Å². The lowest BCUT2D eigenvalue weighted by atomic mass is 10.1. The van der Waals surface area contributed by atoms with Crippen LogP contribution in [0.25, 0.3) is 5.69 Å². The summed E-state index contributed by atoms with van der Waals surface area (Å²) in [7, 11) is 3.29. The molecule has 1 aliphatic heterocycles. The van der Waals surface area contributed by atoms with Gasteiger partial charge < -0.3 is 9.47 Å². The fourth-order valence-corrected chi connectivity index (χ4v) is 5.86. The molecule has 0 bridgehead atoms. The summed E-state index contributed by atoms with van der Waals surface area (Å²) < 4.78 is 12.6. The minimum Gasteiger partial charge on any atom is -0.497 e. The summed E-state index contributed by atoms with van der Waals surface area (Å²) >= 11 is 3.19. The summed E-state index contributed by atoms with van der Waals surface area (Å²) in [5.41, 5.74) is 5.09. The molecule has 0 N–H and O–H groups in total. The number of aromatic nitrogens is 2. The molecular weight excluding hydrogens is 428 g/mol. The first-order valence-electron chi connectivity index (χ1n) is 10.1. The molecule has 0 amide bonds. The van der Waals surface area contributed by atoms with Crippen molar-refractivity contribution in [3.63, 3.8) is 0 Å². The minimum atomic E-state index is 0.0232. The maximum atomic E-state index is 13.5. The number of hydrogen-bond acceptors (Lipinski definition) is 6. The van der Waals surface area contributed by atoms with E-state index in [9.17, 15) is 4.79 Å². The van der Waals surface area contributed by atoms with Gasteiger partial charge >= 0.3 is 0 Å². The molecule has 2 heterocycles. The van der Waals surface area contributed by atoms with Crippen LogP contribution in [0.3, 0.4) is 0 Å². The van der Waals surface area contributed by atoms with E-state index in [1.54, 1.807) is 42.3 Å². The Hall–Kier alpha value is -2.38. The number of aryl methyl sites for hydroxylation is 2. The predicted molar refractivity (Wildman–Crippen MR) is 127 cm³/mol. The molecule has 0 saturated heterocycles. The molecule has 5 nitrogen and oxygen atoms in total. The molecule has 4 rings (SSSR count). The molecule has 0 radical (unpaired) electrons. The van der Waals surface area contributed by atoms with Gasteiger partial charge in [0.15, 0.2) is 5.16 Å². The standard InChI is InChI=1S/C24H26N2O3S2/c1-14-6-15(2)8-18(7-14)26-23(27)22-21(9-16(3)31-22)25-24(26)30-13-17-10-19(28-4)12-20(11-17)29-5/h6-8,10-12,16H,9,13H2,1-5H3. The normalized spacial score (nSPS) is 15.1. The van der Waals surface area contributed by atoms with Crippen molar-refractivity contribution in [1.29, 1.82) is 0 Å². The van der Waals surface area contributed by atoms with Crippen molar-refractivity contribution in [2.45, 2.75) is 48.2 Å². The lowest BCUT2D eigenvalue weighted by Gasteiger charge is -2.15. The second-order valence-electron chi connectivity index (χ2n) is 7.80. The molecule has 0 aliphatic carbocycles. The Morgan fingerprint density at radius 2 is 1.71 bits per heavy atom. The highest BCUT2D eigenvalue weighted by Gasteiger charge is 2.27. The van der Waals surface area contributed by atoms with Crippen molar-refractivity contribution >= 4 is 23.5 Å². The van der Waals surface area contributed by atoms with Gasteiger partial charge in [-0.25, -0.2) is 4.98 Å². The number of rotatable bonds is 6. The van der Waals surface area contributed by atoms with E-state index in [-0.39, 0.29) is 5.56 Å². The van der Waals surface area contributed by atoms with Crippen LogP contribution in [0.5, 0.6) is 11.5 Å². The van der Waals surface area contributed by atoms with Crippen LogP contribution < -0.4 is 15.0 Å². The second-order valence-corrected chi connectivity index (χ2v) is 10.2. The van der Waals surface area contributed by atoms with Crippen LogP contribution in [0.15, 0.2) is 51.2 Å². The van der Waals surface area contributed by atoms with E-state index in [0.29, 0.717) is 16.2 Å². The van der Waals surface area contributed by atoms with Crippen LogP contribution >= 0.6 is 23.5 Å². The van der Waals surface area contributed by atoms with E-state index < -0.39 is 0 Å². The quantitative estimate of drug-likeness (QED) is 0.377. The zero-order valence-corrected chi connectivity index (χ0v) is 20.0. The van der Waals surface area contributed by atoms with Gasteiger partial charge in [-0.3, -0.25) is 9.36 Å². The average molecular weight is 455 g/mol. The summed E-state index contributed by atoms with van der Waals surface area (Å²) in [5.74, 6) is 2.13. The van der Waals surface area contributed by atoms with Crippen molar-refractivity contribution in [3.05, 3.63) is 69.1 Å². The van der Waals surface area contributed by atoms with Crippen molar-refractivity contribution in [1.82, 2.24) is 9.55 Å². The highest BCUT2D eigenvalue weighted by atomic mass is 32.2. The third kappa shape index (κ3) is 4.62. The van der Waals surface area contributed by atoms with Crippen LogP contribution in [0, 0.1) is 13.8 Å². The van der Waals surface area contributed by atoms with Crippen molar-refractivity contribution in [2.24, 2.45) is 0 Å². The number of ether oxygens (including phenoxy) is 2. The Morgan fingerprint density at radius 3 is 2.32 bits per heavy atom. The van der Waals surface area contributed by atoms with Crippen LogP contribution in [0.1, 0.15) is 29.3 Å². The Labute approximate surface area is 191 Å². The Morgan fingerprint density at radius 1 is 1.06 bits per heavy atom. The van der Waals surface area contributed by atoms with E-state index in [2.05, 4.69) is 26.8 Å². The smallest absolute Gasteiger partial charge is 0.272 e. The third-order valence-electron chi connectivity index (χ3n) is 5.12. The number of hydrogen-bond donors (Lipinski definition) is 0. The number of fused-ring (bicyclic) bond motifs is 1. The molecule has 1 aliphatic rings. The molecule has 7 heteroatoms. The fourth-order valence-electron chi connectivity index (χ4n) is 3.80. The Bertz CT molecular complexity index is 1150. The number of nitrogens with zero attached hydrogens (tertiary/aromatic N) is 2. The lowest BCUT2D eigenvalue weighted by molar-refractivity contribution is 0.393. The summed E-state index contributed by atoms with van der Waals surface area (Å²) in [6.07, 6.45) is 0.823. The highest BCUT2D eigenvalue weighted by molar-refractivity contribution is 8.00. The van der Waals surface area contributed by atoms with Crippen molar-refractivity contribution in [3.8, 4) is 17.2 Å². The number of thioether (sulfide) groups is 2. The van der Waals surface area contributed by atoms with Gasteiger partial charge in [0, 0.05) is 23.5 Å². The maximum Gasteiger partial charge on any atom is 0.272 e. The van der Waals surface area contributed by atoms with Gasteiger partial charge in [-0.15, -0.1) is 11.8 Å². The second kappa shape index (κ2) is 9.01. The van der Waals surface area contributed by atoms with Gasteiger partial charge in [-0.05, 0) is 54.8 Å². The van der Waals surface area contributed by atoms with Crippen molar-refractivity contribution in [2.75, 3.05) is 14.2 Å². The molecule has 31 heavy (non-hydrogen) atoms. The molecule has 1 aromatic heterocycles. The van der Waals surface area contributed by atoms with Crippen LogP contribution in [-0.4, -0.2) is 29.0 Å². The van der Waals surface area contributed by atoms with Gasteiger partial charge in [-0.1, -0.05) is 24.8 Å². The highest BCUT2D eigenvalue weighted by Crippen LogP contribution is 2.36. The molecule has 0 saturated carbocycles. The van der Waals surface area contributed by atoms with Crippen molar-refractivity contribution < 1.29 is 9.47 Å². The van der Waals surface area contributed by atoms with Gasteiger partial charge in [0.25, 0.3) is 5.56 Å². The SMILES string of the molecule is COc1cc(CSc2nc3c(c(=O)n2-c2cc(C)cc(C)c2)SC(C)C3)cc(OC)c1.